The van der Waals surface area contributed by atoms with Crippen molar-refractivity contribution in [1.82, 2.24) is 4.90 Å². The fourth-order valence-electron chi connectivity index (χ4n) is 3.91. The predicted molar refractivity (Wildman–Crippen MR) is 95.6 cm³/mol. The molecular formula is C19H20FN3O3. The number of hydrogen-bond acceptors (Lipinski definition) is 5. The SMILES string of the molecule is O=[N+]([O-])c1c(F)cccc1N1CC2OCCN(Cc3ccccc3)C2C1. The lowest BCUT2D eigenvalue weighted by Gasteiger charge is -2.36. The number of anilines is 1. The van der Waals surface area contributed by atoms with Gasteiger partial charge in [0.1, 0.15) is 5.69 Å². The van der Waals surface area contributed by atoms with Gasteiger partial charge >= 0.3 is 5.69 Å². The molecule has 0 N–H and O–H groups in total. The zero-order valence-electron chi connectivity index (χ0n) is 14.3. The molecule has 2 saturated heterocycles. The van der Waals surface area contributed by atoms with Crippen LogP contribution >= 0.6 is 0 Å². The van der Waals surface area contributed by atoms with Crippen molar-refractivity contribution in [2.24, 2.45) is 0 Å². The molecular weight excluding hydrogens is 337 g/mol. The molecule has 2 fully saturated rings. The van der Waals surface area contributed by atoms with Gasteiger partial charge in [0.25, 0.3) is 0 Å². The number of hydrogen-bond donors (Lipinski definition) is 0. The summed E-state index contributed by atoms with van der Waals surface area (Å²) in [5.41, 5.74) is 1.09. The fraction of sp³-hybridized carbons (Fsp3) is 0.368. The molecule has 2 aromatic carbocycles. The minimum Gasteiger partial charge on any atom is -0.373 e. The molecule has 2 aliphatic heterocycles. The minimum atomic E-state index is -0.801. The van der Waals surface area contributed by atoms with Crippen molar-refractivity contribution in [3.63, 3.8) is 0 Å². The van der Waals surface area contributed by atoms with E-state index >= 15 is 0 Å². The number of benzene rings is 2. The van der Waals surface area contributed by atoms with Crippen molar-refractivity contribution in [2.45, 2.75) is 18.7 Å². The molecule has 0 amide bonds. The first-order valence-electron chi connectivity index (χ1n) is 8.71. The first kappa shape index (κ1) is 16.9. The minimum absolute atomic E-state index is 0.0321. The normalized spacial score (nSPS) is 23.0. The summed E-state index contributed by atoms with van der Waals surface area (Å²) in [6.45, 7) is 3.37. The molecule has 0 spiro atoms. The third-order valence-corrected chi connectivity index (χ3v) is 5.13. The monoisotopic (exact) mass is 357 g/mol. The molecule has 2 aliphatic rings. The molecule has 26 heavy (non-hydrogen) atoms. The maximum atomic E-state index is 14.0. The molecule has 0 saturated carbocycles. The Labute approximate surface area is 150 Å². The summed E-state index contributed by atoms with van der Waals surface area (Å²) in [4.78, 5) is 14.9. The summed E-state index contributed by atoms with van der Waals surface area (Å²) in [6.07, 6.45) is -0.0321. The van der Waals surface area contributed by atoms with E-state index in [0.717, 1.165) is 19.2 Å². The van der Waals surface area contributed by atoms with Crippen molar-refractivity contribution >= 4 is 11.4 Å². The molecule has 0 bridgehead atoms. The molecule has 2 unspecified atom stereocenters. The van der Waals surface area contributed by atoms with Gasteiger partial charge < -0.3 is 9.64 Å². The Morgan fingerprint density at radius 2 is 1.96 bits per heavy atom. The molecule has 0 radical (unpaired) electrons. The molecule has 2 heterocycles. The van der Waals surface area contributed by atoms with Crippen LogP contribution in [0.3, 0.4) is 0 Å². The van der Waals surface area contributed by atoms with Gasteiger partial charge in [0.15, 0.2) is 0 Å². The highest BCUT2D eigenvalue weighted by molar-refractivity contribution is 5.64. The molecule has 2 aromatic rings. The number of fused-ring (bicyclic) bond motifs is 1. The Balaban J connectivity index is 1.57. The number of nitro benzene ring substituents is 1. The van der Waals surface area contributed by atoms with Crippen LogP contribution in [-0.2, 0) is 11.3 Å². The number of nitro groups is 1. The first-order chi connectivity index (χ1) is 12.6. The standard InChI is InChI=1S/C19H20FN3O3/c20-15-7-4-8-16(19(15)23(24)25)22-12-17-18(13-22)26-10-9-21(17)11-14-5-2-1-3-6-14/h1-8,17-18H,9-13H2. The van der Waals surface area contributed by atoms with Gasteiger partial charge in [-0.05, 0) is 17.7 Å². The highest BCUT2D eigenvalue weighted by Gasteiger charge is 2.42. The Morgan fingerprint density at radius 3 is 2.73 bits per heavy atom. The van der Waals surface area contributed by atoms with Crippen molar-refractivity contribution < 1.29 is 14.1 Å². The zero-order chi connectivity index (χ0) is 18.1. The summed E-state index contributed by atoms with van der Waals surface area (Å²) in [7, 11) is 0. The lowest BCUT2D eigenvalue weighted by atomic mass is 10.1. The van der Waals surface area contributed by atoms with Gasteiger partial charge in [-0.2, -0.15) is 4.39 Å². The van der Waals surface area contributed by atoms with Crippen LogP contribution in [0, 0.1) is 15.9 Å². The number of ether oxygens (including phenoxy) is 1. The molecule has 4 rings (SSSR count). The fourth-order valence-corrected chi connectivity index (χ4v) is 3.91. The lowest BCUT2D eigenvalue weighted by molar-refractivity contribution is -0.386. The summed E-state index contributed by atoms with van der Waals surface area (Å²) >= 11 is 0. The first-order valence-corrected chi connectivity index (χ1v) is 8.71. The van der Waals surface area contributed by atoms with Crippen molar-refractivity contribution in [2.75, 3.05) is 31.1 Å². The van der Waals surface area contributed by atoms with Gasteiger partial charge in [-0.1, -0.05) is 36.4 Å². The molecule has 2 atom stereocenters. The van der Waals surface area contributed by atoms with Crippen molar-refractivity contribution in [3.8, 4) is 0 Å². The van der Waals surface area contributed by atoms with Crippen LogP contribution in [0.5, 0.6) is 0 Å². The molecule has 136 valence electrons. The van der Waals surface area contributed by atoms with Crippen LogP contribution in [0.4, 0.5) is 15.8 Å². The van der Waals surface area contributed by atoms with Gasteiger partial charge in [0, 0.05) is 26.2 Å². The second kappa shape index (κ2) is 7.01. The quantitative estimate of drug-likeness (QED) is 0.622. The third-order valence-electron chi connectivity index (χ3n) is 5.13. The van der Waals surface area contributed by atoms with E-state index in [1.807, 2.05) is 23.1 Å². The molecule has 0 aromatic heterocycles. The largest absolute Gasteiger partial charge is 0.373 e. The maximum Gasteiger partial charge on any atom is 0.327 e. The molecule has 6 nitrogen and oxygen atoms in total. The van der Waals surface area contributed by atoms with E-state index in [0.29, 0.717) is 25.4 Å². The summed E-state index contributed by atoms with van der Waals surface area (Å²) < 4.78 is 19.9. The number of rotatable bonds is 4. The average Bonchev–Trinajstić information content (AvgIpc) is 3.07. The predicted octanol–water partition coefficient (Wildman–Crippen LogP) is 2.82. The Hall–Kier alpha value is -2.51. The number of para-hydroxylation sites is 1. The van der Waals surface area contributed by atoms with Crippen molar-refractivity contribution in [1.29, 1.82) is 0 Å². The van der Waals surface area contributed by atoms with Crippen LogP contribution in [-0.4, -0.2) is 48.2 Å². The van der Waals surface area contributed by atoms with Crippen LogP contribution < -0.4 is 4.90 Å². The molecule has 0 aliphatic carbocycles. The summed E-state index contributed by atoms with van der Waals surface area (Å²) in [6, 6.07) is 14.6. The highest BCUT2D eigenvalue weighted by atomic mass is 19.1. The Morgan fingerprint density at radius 1 is 1.15 bits per heavy atom. The van der Waals surface area contributed by atoms with Crippen molar-refractivity contribution in [3.05, 3.63) is 70.0 Å². The van der Waals surface area contributed by atoms with E-state index < -0.39 is 16.4 Å². The van der Waals surface area contributed by atoms with E-state index in [4.69, 9.17) is 4.74 Å². The summed E-state index contributed by atoms with van der Waals surface area (Å²) in [5, 5.41) is 11.3. The van der Waals surface area contributed by atoms with Gasteiger partial charge in [-0.3, -0.25) is 15.0 Å². The van der Waals surface area contributed by atoms with Crippen LogP contribution in [0.15, 0.2) is 48.5 Å². The zero-order valence-corrected chi connectivity index (χ0v) is 14.3. The van der Waals surface area contributed by atoms with Gasteiger partial charge in [-0.15, -0.1) is 0 Å². The molecule has 7 heteroatoms. The van der Waals surface area contributed by atoms with Gasteiger partial charge in [-0.25, -0.2) is 0 Å². The van der Waals surface area contributed by atoms with Gasteiger partial charge in [0.05, 0.1) is 23.7 Å². The Bertz CT molecular complexity index is 802. The van der Waals surface area contributed by atoms with Crippen LogP contribution in [0.25, 0.3) is 0 Å². The number of halogens is 1. The van der Waals surface area contributed by atoms with Crippen LogP contribution in [0.1, 0.15) is 5.56 Å². The second-order valence-corrected chi connectivity index (χ2v) is 6.70. The van der Waals surface area contributed by atoms with Gasteiger partial charge in [0.2, 0.25) is 5.82 Å². The van der Waals surface area contributed by atoms with E-state index in [1.165, 1.54) is 11.6 Å². The van der Waals surface area contributed by atoms with Crippen LogP contribution in [0.2, 0.25) is 0 Å². The maximum absolute atomic E-state index is 14.0. The van der Waals surface area contributed by atoms with E-state index in [1.54, 1.807) is 6.07 Å². The topological polar surface area (TPSA) is 58.9 Å². The van der Waals surface area contributed by atoms with E-state index in [-0.39, 0.29) is 12.1 Å². The summed E-state index contributed by atoms with van der Waals surface area (Å²) in [5.74, 6) is -0.801. The second-order valence-electron chi connectivity index (χ2n) is 6.70. The third kappa shape index (κ3) is 3.15. The van der Waals surface area contributed by atoms with E-state index in [9.17, 15) is 14.5 Å². The smallest absolute Gasteiger partial charge is 0.327 e. The lowest BCUT2D eigenvalue weighted by Crippen LogP contribution is -2.50. The average molecular weight is 357 g/mol. The number of morpholine rings is 1. The highest BCUT2D eigenvalue weighted by Crippen LogP contribution is 2.35. The number of nitrogens with zero attached hydrogens (tertiary/aromatic N) is 3. The Kier molecular flexibility index (Phi) is 4.57. The van der Waals surface area contributed by atoms with E-state index in [2.05, 4.69) is 17.0 Å².